The van der Waals surface area contributed by atoms with Gasteiger partial charge >= 0.3 is 12.4 Å². The molecular formula is C15H16F6N2O. The number of aliphatic hydroxyl groups excluding tert-OH is 1. The van der Waals surface area contributed by atoms with Gasteiger partial charge in [0.15, 0.2) is 5.88 Å². The maximum absolute atomic E-state index is 12.8. The summed E-state index contributed by atoms with van der Waals surface area (Å²) in [5, 5.41) is 19.6. The molecule has 134 valence electrons. The lowest BCUT2D eigenvalue weighted by Gasteiger charge is -2.17. The Labute approximate surface area is 134 Å². The summed E-state index contributed by atoms with van der Waals surface area (Å²) in [6.07, 6.45) is -9.95. The highest BCUT2D eigenvalue weighted by molar-refractivity contribution is 5.96. The molecule has 0 atom stereocenters. The summed E-state index contributed by atoms with van der Waals surface area (Å²) in [4.78, 5) is 0. The third-order valence-corrected chi connectivity index (χ3v) is 3.09. The zero-order chi connectivity index (χ0) is 18.9. The van der Waals surface area contributed by atoms with Crippen molar-refractivity contribution in [2.45, 2.75) is 33.1 Å². The summed E-state index contributed by atoms with van der Waals surface area (Å²) < 4.78 is 76.7. The van der Waals surface area contributed by atoms with Gasteiger partial charge in [-0.3, -0.25) is 0 Å². The normalized spacial score (nSPS) is 13.8. The Morgan fingerprint density at radius 2 is 1.42 bits per heavy atom. The van der Waals surface area contributed by atoms with Gasteiger partial charge in [-0.25, -0.2) is 0 Å². The Morgan fingerprint density at radius 1 is 1.00 bits per heavy atom. The van der Waals surface area contributed by atoms with E-state index in [0.29, 0.717) is 12.1 Å². The van der Waals surface area contributed by atoms with Gasteiger partial charge in [-0.15, -0.1) is 0 Å². The first kappa shape index (κ1) is 19.9. The van der Waals surface area contributed by atoms with Crippen LogP contribution in [0.15, 0.2) is 29.7 Å². The van der Waals surface area contributed by atoms with Crippen LogP contribution in [-0.4, -0.2) is 10.8 Å². The summed E-state index contributed by atoms with van der Waals surface area (Å²) in [5.74, 6) is -1.02. The van der Waals surface area contributed by atoms with Gasteiger partial charge in [0.25, 0.3) is 0 Å². The van der Waals surface area contributed by atoms with Crippen LogP contribution >= 0.6 is 0 Å². The standard InChI is InChI=1S/C15H16F6N2O/c1-7(2)12(8(3)22)13(24)23-11-5-9(14(16,17)18)4-10(6-11)15(19,20)21/h4-7,22-24H,1-3H3/b13-12+,22-8?. The average molecular weight is 354 g/mol. The Kier molecular flexibility index (Phi) is 5.58. The van der Waals surface area contributed by atoms with E-state index in [2.05, 4.69) is 5.32 Å². The highest BCUT2D eigenvalue weighted by Gasteiger charge is 2.37. The number of benzene rings is 1. The minimum absolute atomic E-state index is 0.00282. The van der Waals surface area contributed by atoms with Crippen LogP contribution in [-0.2, 0) is 12.4 Å². The molecule has 0 heterocycles. The SMILES string of the molecule is CC(=N)/C(=C(/O)Nc1cc(C(F)(F)F)cc(C(F)(F)F)c1)C(C)C. The van der Waals surface area contributed by atoms with Crippen molar-refractivity contribution in [3.63, 3.8) is 0 Å². The fourth-order valence-electron chi connectivity index (χ4n) is 2.12. The maximum atomic E-state index is 12.8. The molecule has 1 aromatic carbocycles. The van der Waals surface area contributed by atoms with Crippen LogP contribution in [0.2, 0.25) is 0 Å². The minimum Gasteiger partial charge on any atom is -0.494 e. The highest BCUT2D eigenvalue weighted by Crippen LogP contribution is 2.37. The Morgan fingerprint density at radius 3 is 1.71 bits per heavy atom. The van der Waals surface area contributed by atoms with Gasteiger partial charge in [-0.05, 0) is 31.0 Å². The van der Waals surface area contributed by atoms with Crippen LogP contribution in [0, 0.1) is 11.3 Å². The van der Waals surface area contributed by atoms with Crippen LogP contribution in [0.3, 0.4) is 0 Å². The molecule has 0 radical (unpaired) electrons. The van der Waals surface area contributed by atoms with Gasteiger partial charge in [0.05, 0.1) is 11.1 Å². The molecule has 0 amide bonds. The lowest BCUT2D eigenvalue weighted by molar-refractivity contribution is -0.143. The van der Waals surface area contributed by atoms with Crippen molar-refractivity contribution in [2.24, 2.45) is 5.92 Å². The van der Waals surface area contributed by atoms with Crippen molar-refractivity contribution < 1.29 is 31.4 Å². The van der Waals surface area contributed by atoms with E-state index in [1.807, 2.05) is 0 Å². The van der Waals surface area contributed by atoms with Crippen molar-refractivity contribution in [3.05, 3.63) is 40.8 Å². The quantitative estimate of drug-likeness (QED) is 0.374. The van der Waals surface area contributed by atoms with E-state index in [4.69, 9.17) is 5.41 Å². The van der Waals surface area contributed by atoms with E-state index in [9.17, 15) is 31.4 Å². The van der Waals surface area contributed by atoms with Gasteiger partial charge in [0.1, 0.15) is 0 Å². The molecule has 0 aliphatic heterocycles. The molecule has 0 saturated heterocycles. The van der Waals surface area contributed by atoms with Crippen molar-refractivity contribution in [2.75, 3.05) is 5.32 Å². The first-order valence-corrected chi connectivity index (χ1v) is 6.78. The number of allylic oxidation sites excluding steroid dienone is 1. The predicted molar refractivity (Wildman–Crippen MR) is 78.0 cm³/mol. The summed E-state index contributed by atoms with van der Waals surface area (Å²) in [6.45, 7) is 4.59. The van der Waals surface area contributed by atoms with Gasteiger partial charge in [-0.2, -0.15) is 26.3 Å². The second-order valence-corrected chi connectivity index (χ2v) is 5.46. The molecule has 0 unspecified atom stereocenters. The van der Waals surface area contributed by atoms with E-state index in [1.165, 1.54) is 6.92 Å². The lowest BCUT2D eigenvalue weighted by Crippen LogP contribution is -2.15. The van der Waals surface area contributed by atoms with Crippen LogP contribution in [0.5, 0.6) is 0 Å². The van der Waals surface area contributed by atoms with Crippen molar-refractivity contribution >= 4 is 11.4 Å². The number of aliphatic hydroxyl groups is 1. The summed E-state index contributed by atoms with van der Waals surface area (Å²) in [5.41, 5.74) is -3.54. The van der Waals surface area contributed by atoms with Gasteiger partial charge in [0.2, 0.25) is 0 Å². The van der Waals surface area contributed by atoms with Crippen LogP contribution < -0.4 is 5.32 Å². The lowest BCUT2D eigenvalue weighted by atomic mass is 9.99. The molecule has 0 fully saturated rings. The van der Waals surface area contributed by atoms with Gasteiger partial charge in [-0.1, -0.05) is 13.8 Å². The second-order valence-electron chi connectivity index (χ2n) is 5.46. The molecule has 24 heavy (non-hydrogen) atoms. The number of nitrogens with one attached hydrogen (secondary N) is 2. The third kappa shape index (κ3) is 4.90. The minimum atomic E-state index is -4.98. The number of rotatable bonds is 4. The molecular weight excluding hydrogens is 338 g/mol. The monoisotopic (exact) mass is 354 g/mol. The Bertz CT molecular complexity index is 627. The molecule has 0 spiro atoms. The van der Waals surface area contributed by atoms with Crippen molar-refractivity contribution in [3.8, 4) is 0 Å². The number of alkyl halides is 6. The Hall–Kier alpha value is -2.19. The molecule has 0 aliphatic rings. The predicted octanol–water partition coefficient (Wildman–Crippen LogP) is 5.60. The molecule has 1 aromatic rings. The zero-order valence-electron chi connectivity index (χ0n) is 13.0. The molecule has 3 nitrogen and oxygen atoms in total. The number of hydrogen-bond donors (Lipinski definition) is 3. The van der Waals surface area contributed by atoms with Crippen LogP contribution in [0.1, 0.15) is 31.9 Å². The Balaban J connectivity index is 3.44. The molecule has 1 rings (SSSR count). The molecule has 0 saturated carbocycles. The molecule has 0 aromatic heterocycles. The summed E-state index contributed by atoms with van der Waals surface area (Å²) >= 11 is 0. The van der Waals surface area contributed by atoms with E-state index in [1.54, 1.807) is 13.8 Å². The molecule has 3 N–H and O–H groups in total. The first-order valence-electron chi connectivity index (χ1n) is 6.78. The summed E-state index contributed by atoms with van der Waals surface area (Å²) in [7, 11) is 0. The van der Waals surface area contributed by atoms with Crippen molar-refractivity contribution in [1.29, 1.82) is 5.41 Å². The number of hydrogen-bond acceptors (Lipinski definition) is 3. The van der Waals surface area contributed by atoms with Crippen LogP contribution in [0.4, 0.5) is 32.0 Å². The second kappa shape index (κ2) is 6.74. The van der Waals surface area contributed by atoms with E-state index in [-0.39, 0.29) is 23.3 Å². The van der Waals surface area contributed by atoms with Crippen LogP contribution in [0.25, 0.3) is 0 Å². The van der Waals surface area contributed by atoms with Gasteiger partial charge in [0, 0.05) is 17.0 Å². The molecule has 0 aliphatic carbocycles. The first-order chi connectivity index (χ1) is 10.7. The number of anilines is 1. The van der Waals surface area contributed by atoms with E-state index in [0.717, 1.165) is 0 Å². The average Bonchev–Trinajstić information content (AvgIpc) is 2.34. The zero-order valence-corrected chi connectivity index (χ0v) is 13.0. The molecule has 9 heteroatoms. The highest BCUT2D eigenvalue weighted by atomic mass is 19.4. The fraction of sp³-hybridized carbons (Fsp3) is 0.400. The third-order valence-electron chi connectivity index (χ3n) is 3.09. The maximum Gasteiger partial charge on any atom is 0.416 e. The van der Waals surface area contributed by atoms with E-state index >= 15 is 0 Å². The van der Waals surface area contributed by atoms with E-state index < -0.39 is 35.0 Å². The topological polar surface area (TPSA) is 56.1 Å². The van der Waals surface area contributed by atoms with Crippen molar-refractivity contribution in [1.82, 2.24) is 0 Å². The largest absolute Gasteiger partial charge is 0.494 e. The fourth-order valence-corrected chi connectivity index (χ4v) is 2.12. The summed E-state index contributed by atoms with van der Waals surface area (Å²) in [6, 6.07) is 0.919. The smallest absolute Gasteiger partial charge is 0.416 e. The molecule has 0 bridgehead atoms. The number of halogens is 6. The van der Waals surface area contributed by atoms with Gasteiger partial charge < -0.3 is 15.8 Å².